The number of benzene rings is 1. The molecule has 3 nitrogen and oxygen atoms in total. The van der Waals surface area contributed by atoms with E-state index in [1.807, 2.05) is 19.1 Å². The number of hydrogen-bond donors (Lipinski definition) is 1. The molecule has 0 aliphatic carbocycles. The van der Waals surface area contributed by atoms with Crippen LogP contribution in [0.5, 0.6) is 5.75 Å². The van der Waals surface area contributed by atoms with Gasteiger partial charge in [0.25, 0.3) is 0 Å². The van der Waals surface area contributed by atoms with Crippen LogP contribution in [0.4, 0.5) is 0 Å². The molecule has 1 heterocycles. The van der Waals surface area contributed by atoms with Gasteiger partial charge in [0.2, 0.25) is 0 Å². The molecule has 2 unspecified atom stereocenters. The van der Waals surface area contributed by atoms with Crippen LogP contribution < -0.4 is 4.74 Å². The first-order chi connectivity index (χ1) is 7.68. The molecule has 0 saturated carbocycles. The van der Waals surface area contributed by atoms with Gasteiger partial charge in [-0.1, -0.05) is 12.1 Å². The molecule has 0 amide bonds. The van der Waals surface area contributed by atoms with Crippen LogP contribution in [0.15, 0.2) is 18.2 Å². The van der Waals surface area contributed by atoms with Gasteiger partial charge in [0.15, 0.2) is 0 Å². The molecule has 1 aromatic carbocycles. The van der Waals surface area contributed by atoms with E-state index in [4.69, 9.17) is 9.47 Å². The minimum absolute atomic E-state index is 0.241. The molecule has 0 aromatic heterocycles. The summed E-state index contributed by atoms with van der Waals surface area (Å²) >= 11 is 0. The summed E-state index contributed by atoms with van der Waals surface area (Å²) in [5, 5.41) is 9.79. The highest BCUT2D eigenvalue weighted by Crippen LogP contribution is 2.23. The molecule has 0 radical (unpaired) electrons. The minimum Gasteiger partial charge on any atom is -0.485 e. The van der Waals surface area contributed by atoms with Gasteiger partial charge in [0.1, 0.15) is 11.9 Å². The van der Waals surface area contributed by atoms with Crippen LogP contribution in [0.3, 0.4) is 0 Å². The van der Waals surface area contributed by atoms with E-state index in [-0.39, 0.29) is 6.10 Å². The van der Waals surface area contributed by atoms with E-state index in [1.54, 1.807) is 0 Å². The maximum Gasteiger partial charge on any atom is 0.148 e. The number of rotatable bonds is 2. The van der Waals surface area contributed by atoms with E-state index >= 15 is 0 Å². The Labute approximate surface area is 96.0 Å². The normalized spacial score (nSPS) is 25.4. The first kappa shape index (κ1) is 11.4. The number of aliphatic hydroxyl groups is 1. The van der Waals surface area contributed by atoms with Crippen molar-refractivity contribution in [2.75, 3.05) is 13.2 Å². The molecule has 0 bridgehead atoms. The summed E-state index contributed by atoms with van der Waals surface area (Å²) in [6, 6.07) is 5.95. The third-order valence-corrected chi connectivity index (χ3v) is 3.10. The van der Waals surface area contributed by atoms with Crippen molar-refractivity contribution in [3.63, 3.8) is 0 Å². The molecule has 1 aromatic rings. The van der Waals surface area contributed by atoms with Crippen molar-refractivity contribution < 1.29 is 14.6 Å². The average Bonchev–Trinajstić information content (AvgIpc) is 2.28. The third kappa shape index (κ3) is 2.36. The maximum atomic E-state index is 9.79. The Bertz CT molecular complexity index is 362. The molecule has 1 saturated heterocycles. The van der Waals surface area contributed by atoms with E-state index in [0.29, 0.717) is 19.6 Å². The van der Waals surface area contributed by atoms with Crippen LogP contribution in [0, 0.1) is 13.8 Å². The second-order valence-corrected chi connectivity index (χ2v) is 4.29. The highest BCUT2D eigenvalue weighted by molar-refractivity contribution is 5.38. The van der Waals surface area contributed by atoms with E-state index in [2.05, 4.69) is 13.0 Å². The van der Waals surface area contributed by atoms with Crippen molar-refractivity contribution in [3.8, 4) is 5.75 Å². The monoisotopic (exact) mass is 222 g/mol. The molecule has 1 aliphatic rings. The summed E-state index contributed by atoms with van der Waals surface area (Å²) < 4.78 is 11.1. The van der Waals surface area contributed by atoms with Crippen LogP contribution in [0.2, 0.25) is 0 Å². The van der Waals surface area contributed by atoms with Gasteiger partial charge in [0, 0.05) is 13.0 Å². The molecule has 16 heavy (non-hydrogen) atoms. The Morgan fingerprint density at radius 3 is 2.94 bits per heavy atom. The molecule has 88 valence electrons. The second-order valence-electron chi connectivity index (χ2n) is 4.29. The topological polar surface area (TPSA) is 38.7 Å². The molecule has 3 heteroatoms. The van der Waals surface area contributed by atoms with Crippen LogP contribution in [-0.2, 0) is 4.74 Å². The Balaban J connectivity index is 2.10. The number of aryl methyl sites for hydroxylation is 1. The fourth-order valence-corrected chi connectivity index (χ4v) is 1.83. The van der Waals surface area contributed by atoms with E-state index in [9.17, 15) is 5.11 Å². The zero-order valence-electron chi connectivity index (χ0n) is 9.77. The third-order valence-electron chi connectivity index (χ3n) is 3.10. The summed E-state index contributed by atoms with van der Waals surface area (Å²) in [4.78, 5) is 0. The summed E-state index contributed by atoms with van der Waals surface area (Å²) in [6.45, 7) is 5.17. The molecule has 1 N–H and O–H groups in total. The first-order valence-corrected chi connectivity index (χ1v) is 5.67. The molecule has 0 spiro atoms. The van der Waals surface area contributed by atoms with Gasteiger partial charge in [-0.05, 0) is 31.0 Å². The van der Waals surface area contributed by atoms with Crippen LogP contribution in [-0.4, -0.2) is 30.5 Å². The summed E-state index contributed by atoms with van der Waals surface area (Å²) in [6.07, 6.45) is -0.0156. The van der Waals surface area contributed by atoms with Gasteiger partial charge in [-0.15, -0.1) is 0 Å². The van der Waals surface area contributed by atoms with Crippen molar-refractivity contribution in [2.24, 2.45) is 0 Å². The molecule has 2 rings (SSSR count). The standard InChI is InChI=1S/C13H18O3/c1-9-4-3-5-12(10(9)2)16-13-8-15-7-6-11(13)14/h3-5,11,13-14H,6-8H2,1-2H3. The molecular formula is C13H18O3. The predicted molar refractivity (Wildman–Crippen MR) is 61.8 cm³/mol. The Morgan fingerprint density at radius 2 is 2.19 bits per heavy atom. The second kappa shape index (κ2) is 4.85. The lowest BCUT2D eigenvalue weighted by Crippen LogP contribution is -2.41. The summed E-state index contributed by atoms with van der Waals surface area (Å²) in [5.74, 6) is 0.842. The van der Waals surface area contributed by atoms with E-state index in [1.165, 1.54) is 5.56 Å². The first-order valence-electron chi connectivity index (χ1n) is 5.67. The number of aliphatic hydroxyl groups excluding tert-OH is 1. The largest absolute Gasteiger partial charge is 0.485 e. The Hall–Kier alpha value is -1.06. The van der Waals surface area contributed by atoms with Gasteiger partial charge < -0.3 is 14.6 Å². The van der Waals surface area contributed by atoms with Crippen LogP contribution in [0.25, 0.3) is 0 Å². The number of ether oxygens (including phenoxy) is 2. The highest BCUT2D eigenvalue weighted by atomic mass is 16.5. The number of hydrogen-bond acceptors (Lipinski definition) is 3. The van der Waals surface area contributed by atoms with Crippen molar-refractivity contribution in [2.45, 2.75) is 32.5 Å². The molecule has 1 aliphatic heterocycles. The quantitative estimate of drug-likeness (QED) is 0.829. The van der Waals surface area contributed by atoms with Crippen molar-refractivity contribution in [1.29, 1.82) is 0 Å². The molecule has 1 fully saturated rings. The summed E-state index contributed by atoms with van der Waals surface area (Å²) in [5.41, 5.74) is 2.32. The van der Waals surface area contributed by atoms with Crippen molar-refractivity contribution >= 4 is 0 Å². The van der Waals surface area contributed by atoms with Gasteiger partial charge in [-0.3, -0.25) is 0 Å². The molecular weight excluding hydrogens is 204 g/mol. The van der Waals surface area contributed by atoms with Gasteiger partial charge >= 0.3 is 0 Å². The predicted octanol–water partition coefficient (Wildman–Crippen LogP) is 1.83. The Kier molecular flexibility index (Phi) is 3.46. The minimum atomic E-state index is -0.423. The average molecular weight is 222 g/mol. The lowest BCUT2D eigenvalue weighted by Gasteiger charge is -2.29. The lowest BCUT2D eigenvalue weighted by atomic mass is 10.1. The van der Waals surface area contributed by atoms with Crippen LogP contribution >= 0.6 is 0 Å². The van der Waals surface area contributed by atoms with E-state index < -0.39 is 6.10 Å². The van der Waals surface area contributed by atoms with E-state index in [0.717, 1.165) is 11.3 Å². The van der Waals surface area contributed by atoms with Crippen molar-refractivity contribution in [1.82, 2.24) is 0 Å². The highest BCUT2D eigenvalue weighted by Gasteiger charge is 2.25. The summed E-state index contributed by atoms with van der Waals surface area (Å²) in [7, 11) is 0. The van der Waals surface area contributed by atoms with Gasteiger partial charge in [-0.25, -0.2) is 0 Å². The smallest absolute Gasteiger partial charge is 0.148 e. The molecule has 2 atom stereocenters. The van der Waals surface area contributed by atoms with Crippen LogP contribution in [0.1, 0.15) is 17.5 Å². The fourth-order valence-electron chi connectivity index (χ4n) is 1.83. The zero-order chi connectivity index (χ0) is 11.5. The van der Waals surface area contributed by atoms with Crippen molar-refractivity contribution in [3.05, 3.63) is 29.3 Å². The van der Waals surface area contributed by atoms with Gasteiger partial charge in [0.05, 0.1) is 12.7 Å². The Morgan fingerprint density at radius 1 is 1.38 bits per heavy atom. The lowest BCUT2D eigenvalue weighted by molar-refractivity contribution is -0.0737. The maximum absolute atomic E-state index is 9.79. The zero-order valence-corrected chi connectivity index (χ0v) is 9.77. The van der Waals surface area contributed by atoms with Gasteiger partial charge in [-0.2, -0.15) is 0 Å². The fraction of sp³-hybridized carbons (Fsp3) is 0.538. The SMILES string of the molecule is Cc1cccc(OC2COCCC2O)c1C.